The molecule has 2 aromatic rings. The van der Waals surface area contributed by atoms with Crippen LogP contribution in [0.25, 0.3) is 0 Å². The summed E-state index contributed by atoms with van der Waals surface area (Å²) >= 11 is 1.32. The van der Waals surface area contributed by atoms with Gasteiger partial charge in [0.25, 0.3) is 5.91 Å². The summed E-state index contributed by atoms with van der Waals surface area (Å²) in [6.07, 6.45) is 1.46. The summed E-state index contributed by atoms with van der Waals surface area (Å²) in [5.74, 6) is 0.0358. The summed E-state index contributed by atoms with van der Waals surface area (Å²) in [7, 11) is 0. The third-order valence-electron chi connectivity index (χ3n) is 2.42. The number of nitrogens with one attached hydrogen (secondary N) is 1. The van der Waals surface area contributed by atoms with E-state index in [0.29, 0.717) is 22.7 Å². The van der Waals surface area contributed by atoms with E-state index in [1.165, 1.54) is 11.3 Å². The summed E-state index contributed by atoms with van der Waals surface area (Å²) in [5.41, 5.74) is 0.407. The van der Waals surface area contributed by atoms with Crippen molar-refractivity contribution in [1.82, 2.24) is 10.2 Å². The molecule has 1 aromatic carbocycles. The molecule has 0 aliphatic rings. The molecule has 104 valence electrons. The Morgan fingerprint density at radius 2 is 2.20 bits per heavy atom. The Labute approximate surface area is 119 Å². The number of carbonyl (C=O) groups excluding carboxylic acids is 2. The molecule has 2 rings (SSSR count). The van der Waals surface area contributed by atoms with Crippen LogP contribution in [0.15, 0.2) is 24.3 Å². The van der Waals surface area contributed by atoms with Gasteiger partial charge in [0.1, 0.15) is 10.8 Å². The second-order valence-electron chi connectivity index (χ2n) is 3.85. The number of anilines is 1. The van der Waals surface area contributed by atoms with Crippen molar-refractivity contribution in [2.45, 2.75) is 13.3 Å². The van der Waals surface area contributed by atoms with Crippen molar-refractivity contribution in [3.63, 3.8) is 0 Å². The number of ether oxygens (including phenoxy) is 1. The lowest BCUT2D eigenvalue weighted by Crippen LogP contribution is -2.20. The number of para-hydroxylation sites is 1. The quantitative estimate of drug-likeness (QED) is 0.822. The van der Waals surface area contributed by atoms with Crippen LogP contribution in [0.3, 0.4) is 0 Å². The van der Waals surface area contributed by atoms with Crippen LogP contribution in [0.1, 0.15) is 22.3 Å². The Morgan fingerprint density at radius 1 is 1.40 bits per heavy atom. The number of aromatic nitrogens is 2. The molecule has 1 N–H and O–H groups in total. The van der Waals surface area contributed by atoms with E-state index in [-0.39, 0.29) is 12.5 Å². The first-order valence-electron chi connectivity index (χ1n) is 6.02. The molecule has 0 fully saturated rings. The second kappa shape index (κ2) is 6.76. The summed E-state index contributed by atoms with van der Waals surface area (Å²) in [5, 5.41) is 11.6. The monoisotopic (exact) mass is 291 g/mol. The van der Waals surface area contributed by atoms with Crippen molar-refractivity contribution >= 4 is 28.7 Å². The molecule has 0 bridgehead atoms. The molecule has 1 heterocycles. The normalized spacial score (nSPS) is 10.1. The molecule has 1 aromatic heterocycles. The highest BCUT2D eigenvalue weighted by Gasteiger charge is 2.09. The number of aldehydes is 1. The highest BCUT2D eigenvalue weighted by Crippen LogP contribution is 2.17. The Kier molecular flexibility index (Phi) is 4.78. The van der Waals surface area contributed by atoms with Gasteiger partial charge in [0.15, 0.2) is 12.9 Å². The maximum Gasteiger partial charge on any atom is 0.264 e. The fraction of sp³-hybridized carbons (Fsp3) is 0.231. The first kappa shape index (κ1) is 14.1. The lowest BCUT2D eigenvalue weighted by Gasteiger charge is -2.07. The van der Waals surface area contributed by atoms with Crippen molar-refractivity contribution < 1.29 is 14.3 Å². The zero-order chi connectivity index (χ0) is 14.4. The van der Waals surface area contributed by atoms with Crippen LogP contribution in [-0.4, -0.2) is 29.0 Å². The van der Waals surface area contributed by atoms with Crippen molar-refractivity contribution in [3.05, 3.63) is 34.8 Å². The fourth-order valence-electron chi connectivity index (χ4n) is 1.45. The molecule has 0 unspecified atom stereocenters. The van der Waals surface area contributed by atoms with Gasteiger partial charge in [0.05, 0.1) is 5.56 Å². The van der Waals surface area contributed by atoms with E-state index in [1.54, 1.807) is 24.3 Å². The number of amides is 1. The van der Waals surface area contributed by atoms with Crippen molar-refractivity contribution in [3.8, 4) is 5.75 Å². The largest absolute Gasteiger partial charge is 0.483 e. The number of rotatable bonds is 6. The molecule has 0 spiro atoms. The van der Waals surface area contributed by atoms with Crippen molar-refractivity contribution in [2.24, 2.45) is 0 Å². The van der Waals surface area contributed by atoms with Gasteiger partial charge in [0.2, 0.25) is 5.13 Å². The fourth-order valence-corrected chi connectivity index (χ4v) is 2.15. The number of aryl methyl sites for hydroxylation is 1. The topological polar surface area (TPSA) is 81.2 Å². The molecular formula is C13H13N3O3S. The first-order chi connectivity index (χ1) is 9.72. The van der Waals surface area contributed by atoms with Crippen molar-refractivity contribution in [1.29, 1.82) is 0 Å². The molecule has 20 heavy (non-hydrogen) atoms. The van der Waals surface area contributed by atoms with Crippen LogP contribution in [0, 0.1) is 0 Å². The van der Waals surface area contributed by atoms with E-state index < -0.39 is 0 Å². The van der Waals surface area contributed by atoms with Gasteiger partial charge in [-0.3, -0.25) is 14.9 Å². The highest BCUT2D eigenvalue weighted by molar-refractivity contribution is 7.15. The minimum Gasteiger partial charge on any atom is -0.483 e. The van der Waals surface area contributed by atoms with Gasteiger partial charge in [-0.15, -0.1) is 10.2 Å². The summed E-state index contributed by atoms with van der Waals surface area (Å²) in [6.45, 7) is 1.78. The lowest BCUT2D eigenvalue weighted by atomic mass is 10.2. The van der Waals surface area contributed by atoms with Gasteiger partial charge in [-0.25, -0.2) is 0 Å². The molecule has 1 amide bonds. The van der Waals surface area contributed by atoms with E-state index in [9.17, 15) is 9.59 Å². The predicted octanol–water partition coefficient (Wildman–Crippen LogP) is 1.93. The third-order valence-corrected chi connectivity index (χ3v) is 3.40. The average molecular weight is 291 g/mol. The van der Waals surface area contributed by atoms with E-state index >= 15 is 0 Å². The molecule has 6 nitrogen and oxygen atoms in total. The Bertz CT molecular complexity index is 612. The number of nitrogens with zero attached hydrogens (tertiary/aromatic N) is 2. The molecule has 7 heteroatoms. The second-order valence-corrected chi connectivity index (χ2v) is 4.91. The number of hydrogen-bond donors (Lipinski definition) is 1. The summed E-state index contributed by atoms with van der Waals surface area (Å²) in [6, 6.07) is 6.72. The summed E-state index contributed by atoms with van der Waals surface area (Å²) in [4.78, 5) is 22.5. The van der Waals surface area contributed by atoms with Crippen LogP contribution >= 0.6 is 11.3 Å². The minimum atomic E-state index is -0.343. The number of carbonyl (C=O) groups is 2. The smallest absolute Gasteiger partial charge is 0.264 e. The van der Waals surface area contributed by atoms with E-state index in [4.69, 9.17) is 4.74 Å². The van der Waals surface area contributed by atoms with Crippen molar-refractivity contribution in [2.75, 3.05) is 11.9 Å². The third kappa shape index (κ3) is 3.61. The molecule has 0 aliphatic heterocycles. The predicted molar refractivity (Wildman–Crippen MR) is 75.2 cm³/mol. The lowest BCUT2D eigenvalue weighted by molar-refractivity contribution is -0.118. The minimum absolute atomic E-state index is 0.189. The number of hydrogen-bond acceptors (Lipinski definition) is 6. The molecule has 0 saturated carbocycles. The Balaban J connectivity index is 1.90. The number of benzene rings is 1. The van der Waals surface area contributed by atoms with Gasteiger partial charge in [-0.05, 0) is 18.6 Å². The highest BCUT2D eigenvalue weighted by atomic mass is 32.1. The Morgan fingerprint density at radius 3 is 2.90 bits per heavy atom. The zero-order valence-corrected chi connectivity index (χ0v) is 11.6. The maximum atomic E-state index is 11.7. The molecule has 0 saturated heterocycles. The van der Waals surface area contributed by atoms with Crippen LogP contribution in [0.2, 0.25) is 0 Å². The SMILES string of the molecule is CCc1nnc(NC(=O)COc2ccccc2C=O)s1. The summed E-state index contributed by atoms with van der Waals surface area (Å²) < 4.78 is 5.31. The van der Waals surface area contributed by atoms with Gasteiger partial charge < -0.3 is 4.74 Å². The van der Waals surface area contributed by atoms with Crippen LogP contribution in [0.5, 0.6) is 5.75 Å². The molecule has 0 aliphatic carbocycles. The van der Waals surface area contributed by atoms with Crippen LogP contribution < -0.4 is 10.1 Å². The first-order valence-corrected chi connectivity index (χ1v) is 6.83. The maximum absolute atomic E-state index is 11.7. The van der Waals surface area contributed by atoms with Gasteiger partial charge >= 0.3 is 0 Å². The van der Waals surface area contributed by atoms with E-state index in [1.807, 2.05) is 6.92 Å². The molecule has 0 radical (unpaired) electrons. The molecule has 0 atom stereocenters. The van der Waals surface area contributed by atoms with Gasteiger partial charge in [-0.2, -0.15) is 0 Å². The van der Waals surface area contributed by atoms with Gasteiger partial charge in [0, 0.05) is 0 Å². The van der Waals surface area contributed by atoms with E-state index in [2.05, 4.69) is 15.5 Å². The van der Waals surface area contributed by atoms with Gasteiger partial charge in [-0.1, -0.05) is 30.4 Å². The van der Waals surface area contributed by atoms with E-state index in [0.717, 1.165) is 11.4 Å². The van der Waals surface area contributed by atoms with Crippen LogP contribution in [0.4, 0.5) is 5.13 Å². The zero-order valence-electron chi connectivity index (χ0n) is 10.8. The average Bonchev–Trinajstić information content (AvgIpc) is 2.93. The molecular weight excluding hydrogens is 278 g/mol. The Hall–Kier alpha value is -2.28. The van der Waals surface area contributed by atoms with Crippen LogP contribution in [-0.2, 0) is 11.2 Å². The standard InChI is InChI=1S/C13H13N3O3S/c1-2-12-15-16-13(20-12)14-11(18)8-19-10-6-4-3-5-9(10)7-17/h3-7H,2,8H2,1H3,(H,14,16,18).